The lowest BCUT2D eigenvalue weighted by molar-refractivity contribution is -0.120. The molecule has 0 aliphatic carbocycles. The fourth-order valence-corrected chi connectivity index (χ4v) is 4.07. The zero-order valence-corrected chi connectivity index (χ0v) is 18.2. The number of hydrogen-bond acceptors (Lipinski definition) is 3. The van der Waals surface area contributed by atoms with Crippen LogP contribution in [0.4, 0.5) is 0 Å². The molecule has 3 aromatic rings. The summed E-state index contributed by atoms with van der Waals surface area (Å²) in [5, 5.41) is 4.02. The van der Waals surface area contributed by atoms with Crippen molar-refractivity contribution in [3.05, 3.63) is 88.7 Å². The van der Waals surface area contributed by atoms with Crippen molar-refractivity contribution in [1.29, 1.82) is 0 Å². The van der Waals surface area contributed by atoms with Crippen LogP contribution >= 0.6 is 11.8 Å². The van der Waals surface area contributed by atoms with Crippen LogP contribution in [0.15, 0.2) is 65.8 Å². The van der Waals surface area contributed by atoms with Crippen LogP contribution in [-0.4, -0.2) is 21.9 Å². The SMILES string of the molecule is Cc1ccccc1-n1c(C)cc(/C=N\NC(=O)[C@H](C)SCc2ccccc2)c1C. The lowest BCUT2D eigenvalue weighted by Crippen LogP contribution is -2.27. The van der Waals surface area contributed by atoms with E-state index in [1.807, 2.05) is 37.3 Å². The van der Waals surface area contributed by atoms with Crippen LogP contribution in [0.2, 0.25) is 0 Å². The molecule has 0 saturated heterocycles. The molecule has 0 fully saturated rings. The van der Waals surface area contributed by atoms with Gasteiger partial charge in [0.2, 0.25) is 0 Å². The number of thioether (sulfide) groups is 1. The number of hydrogen-bond donors (Lipinski definition) is 1. The molecule has 0 saturated carbocycles. The van der Waals surface area contributed by atoms with E-state index in [9.17, 15) is 4.79 Å². The van der Waals surface area contributed by atoms with Gasteiger partial charge in [-0.2, -0.15) is 5.10 Å². The lowest BCUT2D eigenvalue weighted by Gasteiger charge is -2.12. The summed E-state index contributed by atoms with van der Waals surface area (Å²) in [6.07, 6.45) is 1.73. The molecule has 0 bridgehead atoms. The van der Waals surface area contributed by atoms with E-state index in [2.05, 4.69) is 66.2 Å². The normalized spacial score (nSPS) is 12.3. The molecule has 1 amide bonds. The molecule has 0 aliphatic rings. The summed E-state index contributed by atoms with van der Waals surface area (Å²) in [5.41, 5.74) is 9.50. The van der Waals surface area contributed by atoms with Crippen LogP contribution in [-0.2, 0) is 10.5 Å². The first kappa shape index (κ1) is 20.9. The van der Waals surface area contributed by atoms with Gasteiger partial charge in [-0.3, -0.25) is 4.79 Å². The third-order valence-corrected chi connectivity index (χ3v) is 6.13. The minimum absolute atomic E-state index is 0.0881. The number of nitrogens with one attached hydrogen (secondary N) is 1. The summed E-state index contributed by atoms with van der Waals surface area (Å²) >= 11 is 1.60. The minimum atomic E-state index is -0.174. The summed E-state index contributed by atoms with van der Waals surface area (Å²) in [7, 11) is 0. The van der Waals surface area contributed by atoms with E-state index in [-0.39, 0.29) is 11.2 Å². The molecule has 0 aliphatic heterocycles. The Kier molecular flexibility index (Phi) is 6.94. The molecule has 150 valence electrons. The zero-order chi connectivity index (χ0) is 20.8. The number of nitrogens with zero attached hydrogens (tertiary/aromatic N) is 2. The van der Waals surface area contributed by atoms with Gasteiger partial charge in [-0.15, -0.1) is 11.8 Å². The number of rotatable bonds is 7. The largest absolute Gasteiger partial charge is 0.318 e. The van der Waals surface area contributed by atoms with Gasteiger partial charge in [0.1, 0.15) is 0 Å². The maximum atomic E-state index is 12.3. The predicted octanol–water partition coefficient (Wildman–Crippen LogP) is 5.17. The van der Waals surface area contributed by atoms with Crippen molar-refractivity contribution < 1.29 is 4.79 Å². The molecule has 0 unspecified atom stereocenters. The highest BCUT2D eigenvalue weighted by Crippen LogP contribution is 2.22. The van der Waals surface area contributed by atoms with Gasteiger partial charge in [0.15, 0.2) is 0 Å². The first-order valence-electron chi connectivity index (χ1n) is 9.70. The number of benzene rings is 2. The summed E-state index contributed by atoms with van der Waals surface area (Å²) in [6.45, 7) is 8.16. The number of carbonyl (C=O) groups is 1. The zero-order valence-electron chi connectivity index (χ0n) is 17.3. The van der Waals surface area contributed by atoms with E-state index >= 15 is 0 Å². The van der Waals surface area contributed by atoms with E-state index in [1.165, 1.54) is 11.1 Å². The van der Waals surface area contributed by atoms with Gasteiger partial charge in [0, 0.05) is 28.4 Å². The van der Waals surface area contributed by atoms with Gasteiger partial charge in [-0.1, -0.05) is 48.5 Å². The molecule has 4 nitrogen and oxygen atoms in total. The summed E-state index contributed by atoms with van der Waals surface area (Å²) in [5.74, 6) is 0.714. The Morgan fingerprint density at radius 1 is 1.10 bits per heavy atom. The van der Waals surface area contributed by atoms with Gasteiger partial charge in [0.05, 0.1) is 11.5 Å². The van der Waals surface area contributed by atoms with E-state index in [0.29, 0.717) is 0 Å². The second-order valence-electron chi connectivity index (χ2n) is 7.12. The number of para-hydroxylation sites is 1. The molecule has 1 heterocycles. The second kappa shape index (κ2) is 9.61. The van der Waals surface area contributed by atoms with Crippen LogP contribution in [0, 0.1) is 20.8 Å². The third kappa shape index (κ3) is 5.18. The molecule has 0 spiro atoms. The number of hydrazone groups is 1. The number of carbonyl (C=O) groups excluding carboxylic acids is 1. The van der Waals surface area contributed by atoms with E-state index < -0.39 is 0 Å². The Morgan fingerprint density at radius 2 is 1.79 bits per heavy atom. The fourth-order valence-electron chi connectivity index (χ4n) is 3.23. The summed E-state index contributed by atoms with van der Waals surface area (Å²) < 4.78 is 2.22. The average molecular weight is 406 g/mol. The Labute approximate surface area is 177 Å². The number of aromatic nitrogens is 1. The van der Waals surface area contributed by atoms with Crippen molar-refractivity contribution in [2.45, 2.75) is 38.7 Å². The van der Waals surface area contributed by atoms with Gasteiger partial charge >= 0.3 is 0 Å². The molecular weight excluding hydrogens is 378 g/mol. The monoisotopic (exact) mass is 405 g/mol. The van der Waals surface area contributed by atoms with Gasteiger partial charge in [-0.25, -0.2) is 5.43 Å². The quantitative estimate of drug-likeness (QED) is 0.435. The molecule has 1 atom stereocenters. The van der Waals surface area contributed by atoms with Crippen molar-refractivity contribution >= 4 is 23.9 Å². The smallest absolute Gasteiger partial charge is 0.252 e. The van der Waals surface area contributed by atoms with E-state index in [1.54, 1.807) is 18.0 Å². The van der Waals surface area contributed by atoms with Crippen molar-refractivity contribution in [1.82, 2.24) is 9.99 Å². The van der Waals surface area contributed by atoms with E-state index in [0.717, 1.165) is 28.4 Å². The van der Waals surface area contributed by atoms with Crippen molar-refractivity contribution in [2.75, 3.05) is 0 Å². The van der Waals surface area contributed by atoms with Gasteiger partial charge < -0.3 is 4.57 Å². The van der Waals surface area contributed by atoms with Crippen LogP contribution in [0.5, 0.6) is 0 Å². The van der Waals surface area contributed by atoms with Gasteiger partial charge in [-0.05, 0) is 51.0 Å². The molecule has 3 rings (SSSR count). The highest BCUT2D eigenvalue weighted by atomic mass is 32.2. The summed E-state index contributed by atoms with van der Waals surface area (Å²) in [6, 6.07) is 20.6. The molecule has 0 radical (unpaired) electrons. The topological polar surface area (TPSA) is 46.4 Å². The third-order valence-electron chi connectivity index (χ3n) is 4.92. The number of amides is 1. The first-order chi connectivity index (χ1) is 14.0. The summed E-state index contributed by atoms with van der Waals surface area (Å²) in [4.78, 5) is 12.3. The van der Waals surface area contributed by atoms with Crippen LogP contribution in [0.1, 0.15) is 35.0 Å². The molecular formula is C24H27N3OS. The Bertz CT molecular complexity index is 1010. The Balaban J connectivity index is 1.62. The van der Waals surface area contributed by atoms with Crippen molar-refractivity contribution in [2.24, 2.45) is 5.10 Å². The minimum Gasteiger partial charge on any atom is -0.318 e. The predicted molar refractivity (Wildman–Crippen MR) is 123 cm³/mol. The van der Waals surface area contributed by atoms with Crippen LogP contribution in [0.25, 0.3) is 5.69 Å². The lowest BCUT2D eigenvalue weighted by atomic mass is 10.2. The Hall–Kier alpha value is -2.79. The highest BCUT2D eigenvalue weighted by molar-refractivity contribution is 7.99. The van der Waals surface area contributed by atoms with Gasteiger partial charge in [0.25, 0.3) is 5.91 Å². The molecule has 1 N–H and O–H groups in total. The molecule has 1 aromatic heterocycles. The highest BCUT2D eigenvalue weighted by Gasteiger charge is 2.13. The van der Waals surface area contributed by atoms with Crippen LogP contribution < -0.4 is 5.43 Å². The number of aryl methyl sites for hydroxylation is 2. The first-order valence-corrected chi connectivity index (χ1v) is 10.8. The molecule has 5 heteroatoms. The molecule has 2 aromatic carbocycles. The standard InChI is InChI=1S/C24H27N3OS/c1-17-10-8-9-13-23(17)27-18(2)14-22(19(27)3)15-25-26-24(28)20(4)29-16-21-11-6-5-7-12-21/h5-15,20H,16H2,1-4H3,(H,26,28)/b25-15-/t20-/m0/s1. The van der Waals surface area contributed by atoms with Crippen molar-refractivity contribution in [3.63, 3.8) is 0 Å². The van der Waals surface area contributed by atoms with E-state index in [4.69, 9.17) is 0 Å². The van der Waals surface area contributed by atoms with Crippen molar-refractivity contribution in [3.8, 4) is 5.69 Å². The fraction of sp³-hybridized carbons (Fsp3) is 0.250. The maximum Gasteiger partial charge on any atom is 0.252 e. The van der Waals surface area contributed by atoms with Crippen LogP contribution in [0.3, 0.4) is 0 Å². The average Bonchev–Trinajstić information content (AvgIpc) is 3.00. The molecule has 29 heavy (non-hydrogen) atoms. The maximum absolute atomic E-state index is 12.3. The Morgan fingerprint density at radius 3 is 2.52 bits per heavy atom. The second-order valence-corrected chi connectivity index (χ2v) is 8.45.